The van der Waals surface area contributed by atoms with E-state index in [0.29, 0.717) is 18.8 Å². The predicted molar refractivity (Wildman–Crippen MR) is 97.8 cm³/mol. The van der Waals surface area contributed by atoms with Gasteiger partial charge in [0.2, 0.25) is 0 Å². The van der Waals surface area contributed by atoms with Crippen LogP contribution in [0.3, 0.4) is 0 Å². The van der Waals surface area contributed by atoms with Gasteiger partial charge in [-0.05, 0) is 64.7 Å². The Morgan fingerprint density at radius 1 is 1.24 bits per heavy atom. The molecule has 2 aliphatic heterocycles. The third-order valence-electron chi connectivity index (χ3n) is 5.10. The lowest BCUT2D eigenvalue weighted by Gasteiger charge is -2.37. The molecule has 4 nitrogen and oxygen atoms in total. The first-order valence-electron chi connectivity index (χ1n) is 9.02. The molecule has 1 aromatic carbocycles. The van der Waals surface area contributed by atoms with E-state index in [1.54, 1.807) is 18.2 Å². The molecule has 136 valence electrons. The summed E-state index contributed by atoms with van der Waals surface area (Å²) < 4.78 is 12.0. The molecule has 1 saturated heterocycles. The molecule has 0 aromatic heterocycles. The number of ether oxygens (including phenoxy) is 2. The number of rotatable bonds is 6. The SMILES string of the molecule is CC(C)=CCC/C(C)=C/CC[C@@]12CO[C@@H](c3cc(O)ccc3O1)[C@@H]2O. The molecule has 0 unspecified atom stereocenters. The first kappa shape index (κ1) is 18.0. The third kappa shape index (κ3) is 3.75. The Hall–Kier alpha value is -1.78. The van der Waals surface area contributed by atoms with E-state index in [-0.39, 0.29) is 5.75 Å². The van der Waals surface area contributed by atoms with E-state index < -0.39 is 17.8 Å². The average Bonchev–Trinajstić information content (AvgIpc) is 2.76. The summed E-state index contributed by atoms with van der Waals surface area (Å²) in [5, 5.41) is 20.4. The number of allylic oxidation sites excluding steroid dienone is 4. The van der Waals surface area contributed by atoms with Crippen molar-refractivity contribution in [2.45, 2.75) is 64.3 Å². The molecule has 1 fully saturated rings. The fourth-order valence-corrected chi connectivity index (χ4v) is 3.63. The summed E-state index contributed by atoms with van der Waals surface area (Å²) in [5.74, 6) is 0.863. The van der Waals surface area contributed by atoms with Crippen LogP contribution in [0.2, 0.25) is 0 Å². The van der Waals surface area contributed by atoms with Crippen molar-refractivity contribution in [2.24, 2.45) is 0 Å². The van der Waals surface area contributed by atoms with E-state index in [2.05, 4.69) is 32.9 Å². The second-order valence-electron chi connectivity index (χ2n) is 7.47. The second kappa shape index (κ2) is 7.22. The molecule has 0 radical (unpaired) electrons. The van der Waals surface area contributed by atoms with Gasteiger partial charge in [-0.1, -0.05) is 23.3 Å². The molecule has 1 aromatic rings. The Balaban J connectivity index is 1.65. The van der Waals surface area contributed by atoms with Crippen LogP contribution in [-0.4, -0.2) is 28.5 Å². The number of aliphatic hydroxyl groups excluding tert-OH is 1. The molecule has 2 heterocycles. The lowest BCUT2D eigenvalue weighted by Crippen LogP contribution is -2.49. The molecule has 0 spiro atoms. The van der Waals surface area contributed by atoms with Crippen molar-refractivity contribution in [2.75, 3.05) is 6.61 Å². The van der Waals surface area contributed by atoms with E-state index >= 15 is 0 Å². The molecule has 2 aliphatic rings. The minimum atomic E-state index is -0.707. The summed E-state index contributed by atoms with van der Waals surface area (Å²) in [6.07, 6.45) is 7.06. The van der Waals surface area contributed by atoms with Crippen molar-refractivity contribution in [3.63, 3.8) is 0 Å². The lowest BCUT2D eigenvalue weighted by atomic mass is 9.85. The highest BCUT2D eigenvalue weighted by Crippen LogP contribution is 2.49. The first-order chi connectivity index (χ1) is 11.9. The number of phenolic OH excluding ortho intramolecular Hbond substituents is 1. The maximum atomic E-state index is 10.7. The highest BCUT2D eigenvalue weighted by Gasteiger charge is 2.55. The van der Waals surface area contributed by atoms with Gasteiger partial charge < -0.3 is 19.7 Å². The van der Waals surface area contributed by atoms with Gasteiger partial charge in [-0.15, -0.1) is 0 Å². The zero-order valence-electron chi connectivity index (χ0n) is 15.3. The lowest BCUT2D eigenvalue weighted by molar-refractivity contribution is -0.0501. The molecule has 2 bridgehead atoms. The van der Waals surface area contributed by atoms with Gasteiger partial charge in [0.15, 0.2) is 5.60 Å². The number of hydrogen-bond donors (Lipinski definition) is 2. The van der Waals surface area contributed by atoms with E-state index in [1.807, 2.05) is 0 Å². The minimum Gasteiger partial charge on any atom is -0.508 e. The molecule has 3 rings (SSSR count). The molecule has 4 heteroatoms. The fourth-order valence-electron chi connectivity index (χ4n) is 3.63. The molecule has 3 atom stereocenters. The van der Waals surface area contributed by atoms with Gasteiger partial charge in [0, 0.05) is 5.56 Å². The normalized spacial score (nSPS) is 27.6. The molecule has 0 saturated carbocycles. The Morgan fingerprint density at radius 2 is 2.04 bits per heavy atom. The number of benzene rings is 1. The van der Waals surface area contributed by atoms with Crippen LogP contribution in [0.25, 0.3) is 0 Å². The molecule has 25 heavy (non-hydrogen) atoms. The van der Waals surface area contributed by atoms with E-state index in [9.17, 15) is 10.2 Å². The zero-order chi connectivity index (χ0) is 18.0. The summed E-state index contributed by atoms with van der Waals surface area (Å²) in [6.45, 7) is 6.77. The van der Waals surface area contributed by atoms with Crippen molar-refractivity contribution in [1.82, 2.24) is 0 Å². The van der Waals surface area contributed by atoms with Crippen molar-refractivity contribution in [1.29, 1.82) is 0 Å². The highest BCUT2D eigenvalue weighted by molar-refractivity contribution is 5.45. The quantitative estimate of drug-likeness (QED) is 0.750. The smallest absolute Gasteiger partial charge is 0.161 e. The van der Waals surface area contributed by atoms with E-state index in [0.717, 1.165) is 24.8 Å². The van der Waals surface area contributed by atoms with Gasteiger partial charge in [0.1, 0.15) is 23.7 Å². The summed E-state index contributed by atoms with van der Waals surface area (Å²) in [6, 6.07) is 4.98. The van der Waals surface area contributed by atoms with Gasteiger partial charge in [0.25, 0.3) is 0 Å². The van der Waals surface area contributed by atoms with Crippen LogP contribution in [0.15, 0.2) is 41.5 Å². The number of fused-ring (bicyclic) bond motifs is 4. The summed E-state index contributed by atoms with van der Waals surface area (Å²) in [5.41, 5.74) is 2.75. The zero-order valence-corrected chi connectivity index (χ0v) is 15.3. The van der Waals surface area contributed by atoms with Crippen LogP contribution in [0.1, 0.15) is 58.1 Å². The van der Waals surface area contributed by atoms with Crippen LogP contribution in [0.4, 0.5) is 0 Å². The maximum Gasteiger partial charge on any atom is 0.161 e. The van der Waals surface area contributed by atoms with Crippen LogP contribution in [0, 0.1) is 0 Å². The molecular weight excluding hydrogens is 316 g/mol. The second-order valence-corrected chi connectivity index (χ2v) is 7.47. The van der Waals surface area contributed by atoms with Crippen LogP contribution >= 0.6 is 0 Å². The summed E-state index contributed by atoms with van der Waals surface area (Å²) >= 11 is 0. The summed E-state index contributed by atoms with van der Waals surface area (Å²) in [7, 11) is 0. The van der Waals surface area contributed by atoms with Crippen LogP contribution < -0.4 is 4.74 Å². The third-order valence-corrected chi connectivity index (χ3v) is 5.10. The van der Waals surface area contributed by atoms with E-state index in [1.165, 1.54) is 11.1 Å². The number of aliphatic hydroxyl groups is 1. The average molecular weight is 344 g/mol. The maximum absolute atomic E-state index is 10.7. The molecule has 0 amide bonds. The molecule has 2 N–H and O–H groups in total. The Labute approximate surface area is 149 Å². The van der Waals surface area contributed by atoms with E-state index in [4.69, 9.17) is 9.47 Å². The van der Waals surface area contributed by atoms with Gasteiger partial charge in [0.05, 0.1) is 6.61 Å². The Kier molecular flexibility index (Phi) is 5.21. The fraction of sp³-hybridized carbons (Fsp3) is 0.524. The number of hydrogen-bond acceptors (Lipinski definition) is 4. The standard InChI is InChI=1S/C21H28O4/c1-14(2)6-4-7-15(3)8-5-11-21-13-24-19(20(21)23)17-12-16(22)9-10-18(17)25-21/h6,8-10,12,19-20,22-23H,4-5,7,11,13H2,1-3H3/b15-8+/t19-,20-,21-/m0/s1. The number of phenols is 1. The van der Waals surface area contributed by atoms with Crippen molar-refractivity contribution < 1.29 is 19.7 Å². The van der Waals surface area contributed by atoms with Crippen LogP contribution in [-0.2, 0) is 4.74 Å². The summed E-state index contributed by atoms with van der Waals surface area (Å²) in [4.78, 5) is 0. The van der Waals surface area contributed by atoms with Crippen molar-refractivity contribution >= 4 is 0 Å². The topological polar surface area (TPSA) is 58.9 Å². The number of aromatic hydroxyl groups is 1. The van der Waals surface area contributed by atoms with Crippen molar-refractivity contribution in [3.05, 3.63) is 47.1 Å². The van der Waals surface area contributed by atoms with Gasteiger partial charge >= 0.3 is 0 Å². The van der Waals surface area contributed by atoms with Gasteiger partial charge in [-0.3, -0.25) is 0 Å². The van der Waals surface area contributed by atoms with Gasteiger partial charge in [-0.25, -0.2) is 0 Å². The van der Waals surface area contributed by atoms with Gasteiger partial charge in [-0.2, -0.15) is 0 Å². The Bertz CT molecular complexity index is 687. The Morgan fingerprint density at radius 3 is 2.80 bits per heavy atom. The largest absolute Gasteiger partial charge is 0.508 e. The molecule has 0 aliphatic carbocycles. The van der Waals surface area contributed by atoms with Crippen LogP contribution in [0.5, 0.6) is 11.5 Å². The monoisotopic (exact) mass is 344 g/mol. The molecular formula is C21H28O4. The first-order valence-corrected chi connectivity index (χ1v) is 9.02. The highest BCUT2D eigenvalue weighted by atomic mass is 16.6. The van der Waals surface area contributed by atoms with Crippen molar-refractivity contribution in [3.8, 4) is 11.5 Å². The minimum absolute atomic E-state index is 0.160. The predicted octanol–water partition coefficient (Wildman–Crippen LogP) is 4.43.